The van der Waals surface area contributed by atoms with E-state index in [4.69, 9.17) is 18.9 Å². The fourth-order valence-electron chi connectivity index (χ4n) is 2.12. The molecular weight excluding hydrogens is 288 g/mol. The summed E-state index contributed by atoms with van der Waals surface area (Å²) in [7, 11) is 0. The van der Waals surface area contributed by atoms with Crippen molar-refractivity contribution in [3.8, 4) is 0 Å². The molecule has 0 aromatic carbocycles. The highest BCUT2D eigenvalue weighted by Crippen LogP contribution is 2.25. The van der Waals surface area contributed by atoms with Gasteiger partial charge in [0.15, 0.2) is 0 Å². The van der Waals surface area contributed by atoms with Gasteiger partial charge in [-0.2, -0.15) is 0 Å². The molecule has 0 heterocycles. The molecule has 22 heavy (non-hydrogen) atoms. The Morgan fingerprint density at radius 2 is 1.18 bits per heavy atom. The zero-order valence-electron chi connectivity index (χ0n) is 14.0. The third-order valence-electron chi connectivity index (χ3n) is 3.21. The molecule has 6 nitrogen and oxygen atoms in total. The molecule has 0 saturated heterocycles. The van der Waals surface area contributed by atoms with E-state index in [9.17, 15) is 9.59 Å². The third kappa shape index (κ3) is 7.52. The number of rotatable bonds is 6. The van der Waals surface area contributed by atoms with Crippen LogP contribution in [0.15, 0.2) is 0 Å². The maximum atomic E-state index is 11.6. The fraction of sp³-hybridized carbons (Fsp3) is 0.875. The summed E-state index contributed by atoms with van der Waals surface area (Å²) in [6, 6.07) is 0. The van der Waals surface area contributed by atoms with Gasteiger partial charge in [0, 0.05) is 0 Å². The Kier molecular flexibility index (Phi) is 8.06. The fourth-order valence-corrected chi connectivity index (χ4v) is 2.12. The van der Waals surface area contributed by atoms with E-state index in [1.54, 1.807) is 0 Å². The van der Waals surface area contributed by atoms with Crippen molar-refractivity contribution in [3.63, 3.8) is 0 Å². The molecule has 2 unspecified atom stereocenters. The largest absolute Gasteiger partial charge is 0.508 e. The van der Waals surface area contributed by atoms with Crippen molar-refractivity contribution in [2.24, 2.45) is 11.8 Å². The predicted octanol–water partition coefficient (Wildman–Crippen LogP) is 3.92. The molecule has 0 aliphatic heterocycles. The van der Waals surface area contributed by atoms with Crippen molar-refractivity contribution in [1.82, 2.24) is 0 Å². The van der Waals surface area contributed by atoms with E-state index in [2.05, 4.69) is 0 Å². The molecule has 0 bridgehead atoms. The Balaban J connectivity index is 2.42. The summed E-state index contributed by atoms with van der Waals surface area (Å²) in [5.74, 6) is 0.494. The van der Waals surface area contributed by atoms with Crippen molar-refractivity contribution in [3.05, 3.63) is 0 Å². The number of ether oxygens (including phenoxy) is 4. The molecule has 0 aromatic rings. The molecule has 2 atom stereocenters. The first kappa shape index (κ1) is 18.6. The molecule has 0 aromatic heterocycles. The Morgan fingerprint density at radius 1 is 0.818 bits per heavy atom. The SMILES string of the molecule is CC(C)COC(=O)OC1CCCCC1OC(=O)OCC(C)C. The van der Waals surface area contributed by atoms with Gasteiger partial charge in [0.2, 0.25) is 0 Å². The highest BCUT2D eigenvalue weighted by molar-refractivity contribution is 5.61. The first-order chi connectivity index (χ1) is 10.4. The standard InChI is InChI=1S/C16H28O6/c1-11(2)9-19-15(17)21-13-7-5-6-8-14(13)22-16(18)20-10-12(3)4/h11-14H,5-10H2,1-4H3. The van der Waals surface area contributed by atoms with Gasteiger partial charge in [0.25, 0.3) is 0 Å². The second kappa shape index (κ2) is 9.54. The number of hydrogen-bond acceptors (Lipinski definition) is 6. The molecule has 0 N–H and O–H groups in total. The lowest BCUT2D eigenvalue weighted by Crippen LogP contribution is -2.38. The molecule has 1 aliphatic carbocycles. The van der Waals surface area contributed by atoms with Crippen molar-refractivity contribution in [2.75, 3.05) is 13.2 Å². The van der Waals surface area contributed by atoms with Gasteiger partial charge < -0.3 is 18.9 Å². The Hall–Kier alpha value is -1.46. The molecule has 0 amide bonds. The number of carbonyl (C=O) groups excluding carboxylic acids is 2. The third-order valence-corrected chi connectivity index (χ3v) is 3.21. The number of hydrogen-bond donors (Lipinski definition) is 0. The van der Waals surface area contributed by atoms with E-state index < -0.39 is 24.5 Å². The van der Waals surface area contributed by atoms with Crippen LogP contribution in [-0.4, -0.2) is 37.7 Å². The summed E-state index contributed by atoms with van der Waals surface area (Å²) in [6.07, 6.45) is 0.874. The lowest BCUT2D eigenvalue weighted by molar-refractivity contribution is -0.0733. The van der Waals surface area contributed by atoms with Gasteiger partial charge in [-0.3, -0.25) is 0 Å². The minimum Gasteiger partial charge on any atom is -0.434 e. The molecule has 1 fully saturated rings. The van der Waals surface area contributed by atoms with Gasteiger partial charge in [-0.05, 0) is 37.5 Å². The molecule has 6 heteroatoms. The van der Waals surface area contributed by atoms with Gasteiger partial charge in [-0.1, -0.05) is 27.7 Å². The Labute approximate surface area is 132 Å². The van der Waals surface area contributed by atoms with Crippen molar-refractivity contribution in [1.29, 1.82) is 0 Å². The van der Waals surface area contributed by atoms with Crippen LogP contribution in [0.3, 0.4) is 0 Å². The molecule has 1 aliphatic rings. The second-order valence-electron chi connectivity index (χ2n) is 6.51. The first-order valence-corrected chi connectivity index (χ1v) is 8.05. The highest BCUT2D eigenvalue weighted by atomic mass is 16.8. The Morgan fingerprint density at radius 3 is 1.50 bits per heavy atom. The van der Waals surface area contributed by atoms with E-state index in [-0.39, 0.29) is 11.8 Å². The second-order valence-corrected chi connectivity index (χ2v) is 6.51. The van der Waals surface area contributed by atoms with Crippen LogP contribution in [0.4, 0.5) is 9.59 Å². The highest BCUT2D eigenvalue weighted by Gasteiger charge is 2.32. The smallest absolute Gasteiger partial charge is 0.434 e. The van der Waals surface area contributed by atoms with Crippen LogP contribution in [0.2, 0.25) is 0 Å². The lowest BCUT2D eigenvalue weighted by atomic mass is 9.95. The molecule has 0 radical (unpaired) electrons. The summed E-state index contributed by atoms with van der Waals surface area (Å²) in [5, 5.41) is 0. The molecule has 128 valence electrons. The molecule has 1 saturated carbocycles. The van der Waals surface area contributed by atoms with E-state index in [1.807, 2.05) is 27.7 Å². The lowest BCUT2D eigenvalue weighted by Gasteiger charge is -2.30. The van der Waals surface area contributed by atoms with Crippen molar-refractivity contribution in [2.45, 2.75) is 65.6 Å². The van der Waals surface area contributed by atoms with Crippen LogP contribution in [-0.2, 0) is 18.9 Å². The molecule has 0 spiro atoms. The van der Waals surface area contributed by atoms with Crippen LogP contribution in [0, 0.1) is 11.8 Å². The van der Waals surface area contributed by atoms with Gasteiger partial charge in [0.1, 0.15) is 12.2 Å². The van der Waals surface area contributed by atoms with Crippen LogP contribution in [0.1, 0.15) is 53.4 Å². The quantitative estimate of drug-likeness (QED) is 0.692. The predicted molar refractivity (Wildman–Crippen MR) is 80.6 cm³/mol. The van der Waals surface area contributed by atoms with Crippen LogP contribution in [0.5, 0.6) is 0 Å². The van der Waals surface area contributed by atoms with E-state index in [1.165, 1.54) is 0 Å². The molecule has 1 rings (SSSR count). The van der Waals surface area contributed by atoms with E-state index in [0.717, 1.165) is 12.8 Å². The normalized spacial score (nSPS) is 21.5. The summed E-state index contributed by atoms with van der Waals surface area (Å²) < 4.78 is 20.6. The van der Waals surface area contributed by atoms with Gasteiger partial charge in [-0.25, -0.2) is 9.59 Å². The maximum Gasteiger partial charge on any atom is 0.508 e. The average Bonchev–Trinajstić information content (AvgIpc) is 2.45. The zero-order chi connectivity index (χ0) is 16.5. The summed E-state index contributed by atoms with van der Waals surface area (Å²) in [6.45, 7) is 8.42. The van der Waals surface area contributed by atoms with E-state index >= 15 is 0 Å². The van der Waals surface area contributed by atoms with Gasteiger partial charge in [0.05, 0.1) is 13.2 Å². The van der Waals surface area contributed by atoms with Crippen LogP contribution in [0.25, 0.3) is 0 Å². The Bertz CT molecular complexity index is 319. The zero-order valence-corrected chi connectivity index (χ0v) is 14.0. The van der Waals surface area contributed by atoms with E-state index in [0.29, 0.717) is 26.1 Å². The monoisotopic (exact) mass is 316 g/mol. The van der Waals surface area contributed by atoms with Gasteiger partial charge >= 0.3 is 12.3 Å². The van der Waals surface area contributed by atoms with Crippen molar-refractivity contribution >= 4 is 12.3 Å². The maximum absolute atomic E-state index is 11.6. The van der Waals surface area contributed by atoms with Crippen LogP contribution < -0.4 is 0 Å². The summed E-state index contributed by atoms with van der Waals surface area (Å²) in [4.78, 5) is 23.3. The first-order valence-electron chi connectivity index (χ1n) is 8.05. The minimum atomic E-state index is -0.704. The molecular formula is C16H28O6. The van der Waals surface area contributed by atoms with Gasteiger partial charge in [-0.15, -0.1) is 0 Å². The van der Waals surface area contributed by atoms with Crippen molar-refractivity contribution < 1.29 is 28.5 Å². The topological polar surface area (TPSA) is 71.1 Å². The van der Waals surface area contributed by atoms with Crippen LogP contribution >= 0.6 is 0 Å². The summed E-state index contributed by atoms with van der Waals surface area (Å²) >= 11 is 0. The average molecular weight is 316 g/mol. The number of carbonyl (C=O) groups is 2. The summed E-state index contributed by atoms with van der Waals surface area (Å²) in [5.41, 5.74) is 0. The minimum absolute atomic E-state index is 0.247.